The van der Waals surface area contributed by atoms with Gasteiger partial charge in [0.2, 0.25) is 0 Å². The van der Waals surface area contributed by atoms with Gasteiger partial charge in [0.05, 0.1) is 6.04 Å². The Kier molecular flexibility index (Phi) is 3.96. The second-order valence-corrected chi connectivity index (χ2v) is 4.76. The highest BCUT2D eigenvalue weighted by molar-refractivity contribution is 5.36. The minimum Gasteiger partial charge on any atom is -0.309 e. The van der Waals surface area contributed by atoms with Crippen molar-refractivity contribution in [2.24, 2.45) is 0 Å². The number of hydrogen-bond donors (Lipinski definition) is 1. The van der Waals surface area contributed by atoms with Gasteiger partial charge < -0.3 is 5.32 Å². The molecule has 19 heavy (non-hydrogen) atoms. The van der Waals surface area contributed by atoms with Crippen LogP contribution >= 0.6 is 0 Å². The van der Waals surface area contributed by atoms with Crippen LogP contribution in [0.4, 0.5) is 8.78 Å². The van der Waals surface area contributed by atoms with E-state index in [0.29, 0.717) is 11.1 Å². The van der Waals surface area contributed by atoms with Crippen LogP contribution < -0.4 is 5.32 Å². The van der Waals surface area contributed by atoms with Crippen molar-refractivity contribution >= 4 is 0 Å². The van der Waals surface area contributed by atoms with Crippen LogP contribution in [0.1, 0.15) is 28.3 Å². The molecule has 0 amide bonds. The third-order valence-electron chi connectivity index (χ3n) is 3.29. The van der Waals surface area contributed by atoms with Crippen LogP contribution in [0.3, 0.4) is 0 Å². The average Bonchev–Trinajstić information content (AvgIpc) is 2.38. The van der Waals surface area contributed by atoms with Crippen molar-refractivity contribution < 1.29 is 8.78 Å². The molecule has 1 unspecified atom stereocenters. The first-order chi connectivity index (χ1) is 9.02. The summed E-state index contributed by atoms with van der Waals surface area (Å²) in [6.07, 6.45) is 0. The summed E-state index contributed by atoms with van der Waals surface area (Å²) >= 11 is 0. The first-order valence-electron chi connectivity index (χ1n) is 6.22. The van der Waals surface area contributed by atoms with Crippen molar-refractivity contribution in [2.75, 3.05) is 7.05 Å². The van der Waals surface area contributed by atoms with E-state index in [1.807, 2.05) is 31.2 Å². The molecular weight excluding hydrogens is 244 g/mol. The van der Waals surface area contributed by atoms with Crippen LogP contribution in [-0.2, 0) is 0 Å². The summed E-state index contributed by atoms with van der Waals surface area (Å²) in [5, 5.41) is 3.08. The van der Waals surface area contributed by atoms with E-state index in [-0.39, 0.29) is 6.04 Å². The highest BCUT2D eigenvalue weighted by Crippen LogP contribution is 2.26. The van der Waals surface area contributed by atoms with Gasteiger partial charge in [-0.05, 0) is 38.1 Å². The molecule has 0 heterocycles. The largest absolute Gasteiger partial charge is 0.309 e. The third-order valence-corrected chi connectivity index (χ3v) is 3.29. The SMILES string of the molecule is CNC(c1ccc(C)cc1)c1cc(C)c(F)cc1F. The third kappa shape index (κ3) is 2.82. The van der Waals surface area contributed by atoms with E-state index in [9.17, 15) is 8.78 Å². The zero-order chi connectivity index (χ0) is 14.0. The molecule has 2 aromatic rings. The molecule has 1 N–H and O–H groups in total. The number of nitrogens with one attached hydrogen (secondary N) is 1. The predicted molar refractivity (Wildman–Crippen MR) is 73.2 cm³/mol. The lowest BCUT2D eigenvalue weighted by Gasteiger charge is -2.19. The average molecular weight is 261 g/mol. The predicted octanol–water partition coefficient (Wildman–Crippen LogP) is 3.89. The normalized spacial score (nSPS) is 12.5. The van der Waals surface area contributed by atoms with E-state index in [4.69, 9.17) is 0 Å². The van der Waals surface area contributed by atoms with Gasteiger partial charge in [-0.15, -0.1) is 0 Å². The minimum absolute atomic E-state index is 0.278. The zero-order valence-corrected chi connectivity index (χ0v) is 11.3. The fourth-order valence-corrected chi connectivity index (χ4v) is 2.16. The van der Waals surface area contributed by atoms with Crippen molar-refractivity contribution in [1.82, 2.24) is 5.32 Å². The quantitative estimate of drug-likeness (QED) is 0.883. The molecule has 100 valence electrons. The fraction of sp³-hybridized carbons (Fsp3) is 0.250. The van der Waals surface area contributed by atoms with E-state index in [1.165, 1.54) is 0 Å². The smallest absolute Gasteiger partial charge is 0.131 e. The standard InChI is InChI=1S/C16H17F2N/c1-10-4-6-12(7-5-10)16(19-3)13-8-11(2)14(17)9-15(13)18/h4-9,16,19H,1-3H3. The summed E-state index contributed by atoms with van der Waals surface area (Å²) in [5.41, 5.74) is 3.02. The van der Waals surface area contributed by atoms with Gasteiger partial charge in [0.25, 0.3) is 0 Å². The Labute approximate surface area is 112 Å². The first-order valence-corrected chi connectivity index (χ1v) is 6.22. The Bertz CT molecular complexity index is 576. The van der Waals surface area contributed by atoms with Gasteiger partial charge in [-0.25, -0.2) is 8.78 Å². The lowest BCUT2D eigenvalue weighted by atomic mass is 9.96. The summed E-state index contributed by atoms with van der Waals surface area (Å²) in [4.78, 5) is 0. The molecule has 2 rings (SSSR count). The molecule has 0 bridgehead atoms. The molecule has 0 saturated heterocycles. The van der Waals surface area contributed by atoms with Crippen molar-refractivity contribution in [1.29, 1.82) is 0 Å². The Balaban J connectivity index is 2.47. The molecule has 0 aliphatic heterocycles. The molecule has 0 spiro atoms. The van der Waals surface area contributed by atoms with Crippen molar-refractivity contribution in [3.63, 3.8) is 0 Å². The molecule has 0 aromatic heterocycles. The maximum atomic E-state index is 14.0. The van der Waals surface area contributed by atoms with E-state index in [0.717, 1.165) is 17.2 Å². The molecule has 0 radical (unpaired) electrons. The maximum absolute atomic E-state index is 14.0. The summed E-state index contributed by atoms with van der Waals surface area (Å²) in [5.74, 6) is -1.04. The number of hydrogen-bond acceptors (Lipinski definition) is 1. The highest BCUT2D eigenvalue weighted by atomic mass is 19.1. The summed E-state index contributed by atoms with van der Waals surface area (Å²) in [6, 6.07) is 10.1. The van der Waals surface area contributed by atoms with E-state index < -0.39 is 11.6 Å². The molecule has 0 fully saturated rings. The van der Waals surface area contributed by atoms with Gasteiger partial charge in [-0.2, -0.15) is 0 Å². The molecular formula is C16H17F2N. The van der Waals surface area contributed by atoms with Gasteiger partial charge in [-0.3, -0.25) is 0 Å². The number of rotatable bonds is 3. The fourth-order valence-electron chi connectivity index (χ4n) is 2.16. The van der Waals surface area contributed by atoms with Crippen molar-refractivity contribution in [2.45, 2.75) is 19.9 Å². The highest BCUT2D eigenvalue weighted by Gasteiger charge is 2.17. The summed E-state index contributed by atoms with van der Waals surface area (Å²) < 4.78 is 27.3. The Hall–Kier alpha value is -1.74. The zero-order valence-electron chi connectivity index (χ0n) is 11.3. The molecule has 0 aliphatic rings. The lowest BCUT2D eigenvalue weighted by Crippen LogP contribution is -2.19. The van der Waals surface area contributed by atoms with E-state index in [1.54, 1.807) is 20.0 Å². The van der Waals surface area contributed by atoms with Crippen LogP contribution in [0.15, 0.2) is 36.4 Å². The van der Waals surface area contributed by atoms with Gasteiger partial charge in [0.15, 0.2) is 0 Å². The second-order valence-electron chi connectivity index (χ2n) is 4.76. The minimum atomic E-state index is -0.525. The summed E-state index contributed by atoms with van der Waals surface area (Å²) in [6.45, 7) is 3.64. The topological polar surface area (TPSA) is 12.0 Å². The number of benzene rings is 2. The number of halogens is 2. The Morgan fingerprint density at radius 1 is 0.947 bits per heavy atom. The Morgan fingerprint density at radius 2 is 1.58 bits per heavy atom. The molecule has 3 heteroatoms. The van der Waals surface area contributed by atoms with Crippen molar-refractivity contribution in [3.8, 4) is 0 Å². The van der Waals surface area contributed by atoms with Crippen LogP contribution in [0.2, 0.25) is 0 Å². The summed E-state index contributed by atoms with van der Waals surface area (Å²) in [7, 11) is 1.77. The molecule has 2 aromatic carbocycles. The maximum Gasteiger partial charge on any atom is 0.131 e. The Morgan fingerprint density at radius 3 is 2.16 bits per heavy atom. The number of aryl methyl sites for hydroxylation is 2. The first kappa shape index (κ1) is 13.7. The van der Waals surface area contributed by atoms with Crippen LogP contribution in [0.5, 0.6) is 0 Å². The van der Waals surface area contributed by atoms with Crippen molar-refractivity contribution in [3.05, 3.63) is 70.3 Å². The van der Waals surface area contributed by atoms with Crippen LogP contribution in [0.25, 0.3) is 0 Å². The molecule has 1 nitrogen and oxygen atoms in total. The monoisotopic (exact) mass is 261 g/mol. The lowest BCUT2D eigenvalue weighted by molar-refractivity contribution is 0.547. The van der Waals surface area contributed by atoms with Gasteiger partial charge in [-0.1, -0.05) is 29.8 Å². The molecule has 0 saturated carbocycles. The van der Waals surface area contributed by atoms with Gasteiger partial charge in [0.1, 0.15) is 11.6 Å². The molecule has 0 aliphatic carbocycles. The van der Waals surface area contributed by atoms with Crippen LogP contribution in [-0.4, -0.2) is 7.05 Å². The van der Waals surface area contributed by atoms with E-state index in [2.05, 4.69) is 5.32 Å². The molecule has 1 atom stereocenters. The second kappa shape index (κ2) is 5.49. The van der Waals surface area contributed by atoms with Gasteiger partial charge in [0, 0.05) is 11.6 Å². The van der Waals surface area contributed by atoms with Crippen LogP contribution in [0, 0.1) is 25.5 Å². The van der Waals surface area contributed by atoms with Gasteiger partial charge >= 0.3 is 0 Å². The van der Waals surface area contributed by atoms with E-state index >= 15 is 0 Å².